The van der Waals surface area contributed by atoms with Crippen molar-refractivity contribution in [1.29, 1.82) is 0 Å². The summed E-state index contributed by atoms with van der Waals surface area (Å²) in [4.78, 5) is 0. The number of rotatable bonds is 3. The number of benzene rings is 2. The topological polar surface area (TPSA) is 26.0 Å². The van der Waals surface area contributed by atoms with Gasteiger partial charge in [0, 0.05) is 5.56 Å². The minimum Gasteiger partial charge on any atom is -0.360 e. The molecule has 0 aliphatic carbocycles. The summed E-state index contributed by atoms with van der Waals surface area (Å²) >= 11 is 0. The fraction of sp³-hybridized carbons (Fsp3) is 0.348. The van der Waals surface area contributed by atoms with Gasteiger partial charge in [0.15, 0.2) is 0 Å². The number of nitrogens with zero attached hydrogens (tertiary/aromatic N) is 1. The van der Waals surface area contributed by atoms with E-state index in [2.05, 4.69) is 67.5 Å². The van der Waals surface area contributed by atoms with Crippen LogP contribution in [0, 0.1) is 13.8 Å². The lowest BCUT2D eigenvalue weighted by Gasteiger charge is -2.05. The largest absolute Gasteiger partial charge is 0.360 e. The molecule has 1 heterocycles. The summed E-state index contributed by atoms with van der Waals surface area (Å²) in [6.07, 6.45) is 1.05. The normalized spacial score (nSPS) is 9.56. The monoisotopic (exact) mass is 337 g/mol. The van der Waals surface area contributed by atoms with Crippen LogP contribution in [0.15, 0.2) is 53.1 Å². The van der Waals surface area contributed by atoms with E-state index in [0.717, 1.165) is 34.6 Å². The molecule has 0 saturated carbocycles. The fourth-order valence-corrected chi connectivity index (χ4v) is 2.53. The first kappa shape index (κ1) is 20.7. The maximum absolute atomic E-state index is 5.44. The molecule has 0 aliphatic heterocycles. The molecule has 134 valence electrons. The second kappa shape index (κ2) is 10.5. The molecule has 0 N–H and O–H groups in total. The third-order valence-electron chi connectivity index (χ3n) is 3.84. The minimum atomic E-state index is 0.856. The zero-order valence-corrected chi connectivity index (χ0v) is 16.7. The predicted molar refractivity (Wildman–Crippen MR) is 109 cm³/mol. The summed E-state index contributed by atoms with van der Waals surface area (Å²) < 4.78 is 5.44. The molecule has 3 rings (SSSR count). The van der Waals surface area contributed by atoms with Crippen molar-refractivity contribution in [3.8, 4) is 22.4 Å². The average molecular weight is 338 g/mol. The Morgan fingerprint density at radius 2 is 1.28 bits per heavy atom. The molecule has 2 nitrogen and oxygen atoms in total. The van der Waals surface area contributed by atoms with Crippen LogP contribution in [0.1, 0.15) is 51.5 Å². The van der Waals surface area contributed by atoms with Crippen LogP contribution >= 0.6 is 0 Å². The van der Waals surface area contributed by atoms with Crippen molar-refractivity contribution >= 4 is 0 Å². The molecule has 0 saturated heterocycles. The Kier molecular flexibility index (Phi) is 8.69. The molecule has 0 bridgehead atoms. The van der Waals surface area contributed by atoms with Gasteiger partial charge in [-0.15, -0.1) is 0 Å². The Balaban J connectivity index is 0.000000730. The van der Waals surface area contributed by atoms with Crippen LogP contribution in [0.5, 0.6) is 0 Å². The van der Waals surface area contributed by atoms with Crippen LogP contribution in [-0.2, 0) is 6.42 Å². The van der Waals surface area contributed by atoms with Crippen LogP contribution in [0.25, 0.3) is 22.4 Å². The highest BCUT2D eigenvalue weighted by molar-refractivity contribution is 5.82. The molecule has 2 heteroatoms. The van der Waals surface area contributed by atoms with Crippen molar-refractivity contribution in [2.24, 2.45) is 0 Å². The van der Waals surface area contributed by atoms with E-state index in [4.69, 9.17) is 4.52 Å². The molecular weight excluding hydrogens is 306 g/mol. The maximum atomic E-state index is 5.44. The Morgan fingerprint density at radius 3 is 1.80 bits per heavy atom. The SMILES string of the molecule is CC.CC.CCc1ccc(-c2c(-c3ccc(C)cc3)noc2C)cc1. The molecule has 0 radical (unpaired) electrons. The van der Waals surface area contributed by atoms with E-state index in [9.17, 15) is 0 Å². The second-order valence-corrected chi connectivity index (χ2v) is 5.38. The number of aryl methyl sites for hydroxylation is 3. The van der Waals surface area contributed by atoms with E-state index in [1.807, 2.05) is 34.6 Å². The highest BCUT2D eigenvalue weighted by Crippen LogP contribution is 2.34. The molecule has 0 fully saturated rings. The van der Waals surface area contributed by atoms with Gasteiger partial charge in [0.2, 0.25) is 0 Å². The molecule has 0 aliphatic rings. The quantitative estimate of drug-likeness (QED) is 0.503. The van der Waals surface area contributed by atoms with Crippen molar-refractivity contribution in [3.05, 3.63) is 65.4 Å². The van der Waals surface area contributed by atoms with Crippen LogP contribution in [0.3, 0.4) is 0 Å². The molecule has 0 spiro atoms. The van der Waals surface area contributed by atoms with Crippen molar-refractivity contribution in [2.45, 2.75) is 54.9 Å². The standard InChI is InChI=1S/C19H19NO.2C2H6/c1-4-15-7-11-16(12-8-15)18-14(3)21-20-19(18)17-9-5-13(2)6-10-17;2*1-2/h5-12H,4H2,1-3H3;2*1-2H3. The van der Waals surface area contributed by atoms with Crippen LogP contribution in [0.4, 0.5) is 0 Å². The highest BCUT2D eigenvalue weighted by atomic mass is 16.5. The minimum absolute atomic E-state index is 0.856. The van der Waals surface area contributed by atoms with Crippen molar-refractivity contribution < 1.29 is 4.52 Å². The third-order valence-corrected chi connectivity index (χ3v) is 3.84. The van der Waals surface area contributed by atoms with Gasteiger partial charge in [0.05, 0.1) is 5.56 Å². The lowest BCUT2D eigenvalue weighted by molar-refractivity contribution is 0.400. The molecular formula is C23H31NO. The number of hydrogen-bond donors (Lipinski definition) is 0. The van der Waals surface area contributed by atoms with Gasteiger partial charge in [-0.2, -0.15) is 0 Å². The van der Waals surface area contributed by atoms with E-state index >= 15 is 0 Å². The second-order valence-electron chi connectivity index (χ2n) is 5.38. The molecule has 1 aromatic heterocycles. The maximum Gasteiger partial charge on any atom is 0.142 e. The summed E-state index contributed by atoms with van der Waals surface area (Å²) in [5.41, 5.74) is 6.82. The van der Waals surface area contributed by atoms with Gasteiger partial charge in [-0.1, -0.05) is 93.9 Å². The zero-order valence-electron chi connectivity index (χ0n) is 16.7. The van der Waals surface area contributed by atoms with Crippen LogP contribution < -0.4 is 0 Å². The van der Waals surface area contributed by atoms with Gasteiger partial charge in [0.25, 0.3) is 0 Å². The smallest absolute Gasteiger partial charge is 0.142 e. The summed E-state index contributed by atoms with van der Waals surface area (Å²) in [6.45, 7) is 14.2. The number of aromatic nitrogens is 1. The van der Waals surface area contributed by atoms with E-state index in [-0.39, 0.29) is 0 Å². The average Bonchev–Trinajstić information content (AvgIpc) is 3.07. The lowest BCUT2D eigenvalue weighted by Crippen LogP contribution is -1.86. The van der Waals surface area contributed by atoms with Gasteiger partial charge in [-0.3, -0.25) is 0 Å². The predicted octanol–water partition coefficient (Wildman–Crippen LogP) is 7.24. The van der Waals surface area contributed by atoms with E-state index in [1.54, 1.807) is 0 Å². The molecule has 0 atom stereocenters. The van der Waals surface area contributed by atoms with Gasteiger partial charge in [-0.05, 0) is 31.4 Å². The van der Waals surface area contributed by atoms with Crippen molar-refractivity contribution in [3.63, 3.8) is 0 Å². The first-order chi connectivity index (χ1) is 12.2. The summed E-state index contributed by atoms with van der Waals surface area (Å²) in [5.74, 6) is 0.856. The first-order valence-corrected chi connectivity index (χ1v) is 9.31. The van der Waals surface area contributed by atoms with Crippen molar-refractivity contribution in [1.82, 2.24) is 5.16 Å². The van der Waals surface area contributed by atoms with Crippen LogP contribution in [0.2, 0.25) is 0 Å². The Bertz CT molecular complexity index is 737. The molecule has 2 aromatic carbocycles. The summed E-state index contributed by atoms with van der Waals surface area (Å²) in [7, 11) is 0. The molecule has 0 unspecified atom stereocenters. The molecule has 25 heavy (non-hydrogen) atoms. The fourth-order valence-electron chi connectivity index (χ4n) is 2.53. The van der Waals surface area contributed by atoms with Gasteiger partial charge in [0.1, 0.15) is 11.5 Å². The zero-order chi connectivity index (χ0) is 18.8. The summed E-state index contributed by atoms with van der Waals surface area (Å²) in [5, 5.41) is 4.26. The molecule has 0 amide bonds. The number of hydrogen-bond acceptors (Lipinski definition) is 2. The van der Waals surface area contributed by atoms with Crippen molar-refractivity contribution in [2.75, 3.05) is 0 Å². The Morgan fingerprint density at radius 1 is 0.760 bits per heavy atom. The lowest BCUT2D eigenvalue weighted by atomic mass is 9.98. The Labute approximate surface area is 152 Å². The van der Waals surface area contributed by atoms with E-state index in [1.165, 1.54) is 11.1 Å². The van der Waals surface area contributed by atoms with Gasteiger partial charge < -0.3 is 4.52 Å². The third kappa shape index (κ3) is 5.06. The Hall–Kier alpha value is -2.35. The van der Waals surface area contributed by atoms with Gasteiger partial charge >= 0.3 is 0 Å². The van der Waals surface area contributed by atoms with E-state index < -0.39 is 0 Å². The summed E-state index contributed by atoms with van der Waals surface area (Å²) in [6, 6.07) is 17.0. The highest BCUT2D eigenvalue weighted by Gasteiger charge is 2.16. The van der Waals surface area contributed by atoms with Gasteiger partial charge in [-0.25, -0.2) is 0 Å². The van der Waals surface area contributed by atoms with E-state index in [0.29, 0.717) is 0 Å². The van der Waals surface area contributed by atoms with Crippen LogP contribution in [-0.4, -0.2) is 5.16 Å². The first-order valence-electron chi connectivity index (χ1n) is 9.31. The molecule has 3 aromatic rings.